The molecule has 3 rings (SSSR count). The first-order valence-corrected chi connectivity index (χ1v) is 10.7. The normalized spacial score (nSPS) is 18.6. The highest BCUT2D eigenvalue weighted by Crippen LogP contribution is 2.37. The predicted octanol–water partition coefficient (Wildman–Crippen LogP) is 5.06. The molecule has 0 bridgehead atoms. The quantitative estimate of drug-likeness (QED) is 0.703. The predicted molar refractivity (Wildman–Crippen MR) is 124 cm³/mol. The number of para-hydroxylation sites is 1. The van der Waals surface area contributed by atoms with Gasteiger partial charge in [-0.2, -0.15) is 0 Å². The van der Waals surface area contributed by atoms with Crippen molar-refractivity contribution in [3.8, 4) is 0 Å². The van der Waals surface area contributed by atoms with E-state index in [2.05, 4.69) is 26.1 Å². The number of Topliss-reactive ketones (excluding diaryl/α,β-unsaturated/α-hetero) is 1. The minimum atomic E-state index is -1.36. The standard InChI is InChI=1S/C26H32N2O3/c1-16(2)19-10-8-9-11-20(19)27-23(30)21-22(29)26(6,7)28(24(21)31)18-14-12-17(13-15-18)25(3,4)5/h8-16,21H,1-7H3,(H,27,30). The smallest absolute Gasteiger partial charge is 0.248 e. The van der Waals surface area contributed by atoms with E-state index in [0.29, 0.717) is 11.4 Å². The van der Waals surface area contributed by atoms with Gasteiger partial charge in [0.25, 0.3) is 0 Å². The highest BCUT2D eigenvalue weighted by Gasteiger charge is 2.56. The Morgan fingerprint density at radius 2 is 1.58 bits per heavy atom. The maximum Gasteiger partial charge on any atom is 0.248 e. The molecule has 2 aromatic rings. The molecule has 2 amide bonds. The molecule has 1 aliphatic rings. The molecule has 0 spiro atoms. The number of ketones is 1. The lowest BCUT2D eigenvalue weighted by Gasteiger charge is -2.30. The van der Waals surface area contributed by atoms with Crippen LogP contribution in [0.25, 0.3) is 0 Å². The van der Waals surface area contributed by atoms with Crippen LogP contribution in [0.4, 0.5) is 11.4 Å². The summed E-state index contributed by atoms with van der Waals surface area (Å²) in [5.41, 5.74) is 2.21. The van der Waals surface area contributed by atoms with E-state index >= 15 is 0 Å². The lowest BCUT2D eigenvalue weighted by Crippen LogP contribution is -2.44. The number of carbonyl (C=O) groups excluding carboxylic acids is 3. The van der Waals surface area contributed by atoms with E-state index in [4.69, 9.17) is 0 Å². The van der Waals surface area contributed by atoms with Gasteiger partial charge in [-0.3, -0.25) is 19.3 Å². The summed E-state index contributed by atoms with van der Waals surface area (Å²) in [5, 5.41) is 2.83. The number of hydrogen-bond donors (Lipinski definition) is 1. The van der Waals surface area contributed by atoms with Crippen LogP contribution in [-0.2, 0) is 19.8 Å². The van der Waals surface area contributed by atoms with Gasteiger partial charge in [-0.1, -0.05) is 65.0 Å². The third-order valence-corrected chi connectivity index (χ3v) is 5.99. The molecule has 1 unspecified atom stereocenters. The molecule has 5 nitrogen and oxygen atoms in total. The molecular weight excluding hydrogens is 388 g/mol. The van der Waals surface area contributed by atoms with Crippen molar-refractivity contribution >= 4 is 29.0 Å². The molecule has 0 aromatic heterocycles. The van der Waals surface area contributed by atoms with Crippen molar-refractivity contribution in [2.45, 2.75) is 65.3 Å². The topological polar surface area (TPSA) is 66.5 Å². The molecule has 0 radical (unpaired) electrons. The molecule has 164 valence electrons. The van der Waals surface area contributed by atoms with Crippen LogP contribution in [0.5, 0.6) is 0 Å². The summed E-state index contributed by atoms with van der Waals surface area (Å²) in [4.78, 5) is 41.0. The van der Waals surface area contributed by atoms with Gasteiger partial charge in [0.05, 0.1) is 0 Å². The Morgan fingerprint density at radius 1 is 1.00 bits per heavy atom. The Kier molecular flexibility index (Phi) is 5.83. The minimum absolute atomic E-state index is 0.0227. The number of hydrogen-bond acceptors (Lipinski definition) is 3. The highest BCUT2D eigenvalue weighted by molar-refractivity contribution is 6.33. The summed E-state index contributed by atoms with van der Waals surface area (Å²) in [6.45, 7) is 13.8. The average molecular weight is 421 g/mol. The maximum atomic E-state index is 13.3. The molecule has 1 fully saturated rings. The SMILES string of the molecule is CC(C)c1ccccc1NC(=O)C1C(=O)N(c2ccc(C(C)(C)C)cc2)C(C)(C)C1=O. The molecule has 0 aliphatic carbocycles. The summed E-state index contributed by atoms with van der Waals surface area (Å²) in [7, 11) is 0. The molecule has 5 heteroatoms. The van der Waals surface area contributed by atoms with E-state index < -0.39 is 29.1 Å². The van der Waals surface area contributed by atoms with Crippen molar-refractivity contribution in [2.75, 3.05) is 10.2 Å². The van der Waals surface area contributed by atoms with E-state index in [0.717, 1.165) is 11.1 Å². The second-order valence-corrected chi connectivity index (χ2v) is 10.1. The van der Waals surface area contributed by atoms with E-state index in [9.17, 15) is 14.4 Å². The number of nitrogens with zero attached hydrogens (tertiary/aromatic N) is 1. The molecule has 1 saturated heterocycles. The van der Waals surface area contributed by atoms with Crippen LogP contribution in [0.1, 0.15) is 65.5 Å². The van der Waals surface area contributed by atoms with Crippen LogP contribution >= 0.6 is 0 Å². The molecule has 1 heterocycles. The Morgan fingerprint density at radius 3 is 2.13 bits per heavy atom. The van der Waals surface area contributed by atoms with E-state index in [1.54, 1.807) is 19.9 Å². The zero-order chi connectivity index (χ0) is 23.1. The summed E-state index contributed by atoms with van der Waals surface area (Å²) in [6, 6.07) is 15.1. The van der Waals surface area contributed by atoms with E-state index in [-0.39, 0.29) is 11.3 Å². The number of rotatable bonds is 4. The lowest BCUT2D eigenvalue weighted by molar-refractivity contribution is -0.135. The lowest BCUT2D eigenvalue weighted by atomic mass is 9.87. The van der Waals surface area contributed by atoms with Gasteiger partial charge in [0.15, 0.2) is 11.7 Å². The number of nitrogens with one attached hydrogen (secondary N) is 1. The van der Waals surface area contributed by atoms with Crippen molar-refractivity contribution in [1.29, 1.82) is 0 Å². The van der Waals surface area contributed by atoms with Crippen LogP contribution in [0, 0.1) is 5.92 Å². The van der Waals surface area contributed by atoms with Gasteiger partial charge in [0.1, 0.15) is 5.54 Å². The van der Waals surface area contributed by atoms with E-state index in [1.807, 2.05) is 56.3 Å². The molecule has 31 heavy (non-hydrogen) atoms. The fraction of sp³-hybridized carbons (Fsp3) is 0.423. The van der Waals surface area contributed by atoms with Crippen LogP contribution in [-0.4, -0.2) is 23.1 Å². The Balaban J connectivity index is 1.91. The van der Waals surface area contributed by atoms with Crippen molar-refractivity contribution < 1.29 is 14.4 Å². The summed E-state index contributed by atoms with van der Waals surface area (Å²) >= 11 is 0. The van der Waals surface area contributed by atoms with Crippen LogP contribution in [0.2, 0.25) is 0 Å². The second-order valence-electron chi connectivity index (χ2n) is 10.1. The zero-order valence-electron chi connectivity index (χ0n) is 19.4. The largest absolute Gasteiger partial charge is 0.325 e. The Bertz CT molecular complexity index is 1010. The Hall–Kier alpha value is -2.95. The number of carbonyl (C=O) groups is 3. The minimum Gasteiger partial charge on any atom is -0.325 e. The fourth-order valence-electron chi connectivity index (χ4n) is 4.09. The van der Waals surface area contributed by atoms with Crippen LogP contribution in [0.15, 0.2) is 48.5 Å². The fourth-order valence-corrected chi connectivity index (χ4v) is 4.09. The second kappa shape index (κ2) is 7.95. The first-order chi connectivity index (χ1) is 14.4. The van der Waals surface area contributed by atoms with Crippen LogP contribution in [0.3, 0.4) is 0 Å². The molecule has 1 atom stereocenters. The summed E-state index contributed by atoms with van der Waals surface area (Å²) < 4.78 is 0. The summed E-state index contributed by atoms with van der Waals surface area (Å²) in [6.07, 6.45) is 0. The number of anilines is 2. The van der Waals surface area contributed by atoms with Gasteiger partial charge in [-0.25, -0.2) is 0 Å². The van der Waals surface area contributed by atoms with Crippen molar-refractivity contribution in [3.05, 3.63) is 59.7 Å². The maximum absolute atomic E-state index is 13.3. The molecule has 1 aliphatic heterocycles. The third-order valence-electron chi connectivity index (χ3n) is 5.99. The average Bonchev–Trinajstić information content (AvgIpc) is 2.85. The zero-order valence-corrected chi connectivity index (χ0v) is 19.4. The first-order valence-electron chi connectivity index (χ1n) is 10.7. The van der Waals surface area contributed by atoms with Gasteiger partial charge >= 0.3 is 0 Å². The van der Waals surface area contributed by atoms with Gasteiger partial charge in [-0.05, 0) is 54.5 Å². The van der Waals surface area contributed by atoms with Gasteiger partial charge < -0.3 is 5.32 Å². The molecule has 0 saturated carbocycles. The molecule has 1 N–H and O–H groups in total. The van der Waals surface area contributed by atoms with Crippen molar-refractivity contribution in [2.24, 2.45) is 5.92 Å². The molecular formula is C26H32N2O3. The van der Waals surface area contributed by atoms with E-state index in [1.165, 1.54) is 4.90 Å². The first kappa shape index (κ1) is 22.7. The number of benzene rings is 2. The van der Waals surface area contributed by atoms with Crippen molar-refractivity contribution in [1.82, 2.24) is 0 Å². The van der Waals surface area contributed by atoms with Gasteiger partial charge in [0, 0.05) is 11.4 Å². The Labute approximate surface area is 184 Å². The summed E-state index contributed by atoms with van der Waals surface area (Å²) in [5.74, 6) is -2.63. The highest BCUT2D eigenvalue weighted by atomic mass is 16.2. The number of amides is 2. The van der Waals surface area contributed by atoms with Crippen LogP contribution < -0.4 is 10.2 Å². The molecule has 2 aromatic carbocycles. The monoisotopic (exact) mass is 420 g/mol. The third kappa shape index (κ3) is 4.14. The van der Waals surface area contributed by atoms with Crippen molar-refractivity contribution in [3.63, 3.8) is 0 Å². The van der Waals surface area contributed by atoms with Gasteiger partial charge in [0.2, 0.25) is 11.8 Å². The van der Waals surface area contributed by atoms with Gasteiger partial charge in [-0.15, -0.1) is 0 Å².